The molecule has 2 heteroatoms. The zero-order valence-corrected chi connectivity index (χ0v) is 18.6. The third-order valence-electron chi connectivity index (χ3n) is 6.82. The quantitative estimate of drug-likeness (QED) is 0.486. The standard InChI is InChI=1S/C26H36NP/c1-27(2)23-17-13-21(14-18-23)22-15-19-26(20-16-22)28(24-9-5-3-6-10-24)25-11-7-4-8-12-25/h13-20,24-25H,3-12H2,1-2H3. The number of benzene rings is 2. The molecular weight excluding hydrogens is 357 g/mol. The van der Waals surface area contributed by atoms with E-state index in [1.54, 1.807) is 5.30 Å². The molecule has 0 aromatic heterocycles. The van der Waals surface area contributed by atoms with Crippen molar-refractivity contribution in [2.75, 3.05) is 19.0 Å². The normalized spacial score (nSPS) is 19.1. The fourth-order valence-corrected chi connectivity index (χ4v) is 8.99. The van der Waals surface area contributed by atoms with Gasteiger partial charge in [-0.25, -0.2) is 0 Å². The number of nitrogens with zero attached hydrogens (tertiary/aromatic N) is 1. The average molecular weight is 394 g/mol. The van der Waals surface area contributed by atoms with Gasteiger partial charge >= 0.3 is 0 Å². The Kier molecular flexibility index (Phi) is 6.73. The molecule has 2 saturated carbocycles. The first kappa shape index (κ1) is 20.0. The maximum atomic E-state index is 2.49. The predicted octanol–water partition coefficient (Wildman–Crippen LogP) is 7.19. The SMILES string of the molecule is CN(C)c1ccc(-c2ccc(P(C3CCCCC3)C3CCCCC3)cc2)cc1. The van der Waals surface area contributed by atoms with Gasteiger partial charge < -0.3 is 4.90 Å². The van der Waals surface area contributed by atoms with Crippen LogP contribution in [0.1, 0.15) is 64.2 Å². The third kappa shape index (κ3) is 4.62. The number of hydrogen-bond acceptors (Lipinski definition) is 1. The van der Waals surface area contributed by atoms with Gasteiger partial charge in [-0.15, -0.1) is 0 Å². The molecule has 0 N–H and O–H groups in total. The van der Waals surface area contributed by atoms with Gasteiger partial charge in [0.1, 0.15) is 0 Å². The summed E-state index contributed by atoms with van der Waals surface area (Å²) in [4.78, 5) is 2.16. The Morgan fingerprint density at radius 3 is 1.46 bits per heavy atom. The first-order valence-corrected chi connectivity index (χ1v) is 12.9. The van der Waals surface area contributed by atoms with E-state index < -0.39 is 0 Å². The molecule has 2 fully saturated rings. The fraction of sp³-hybridized carbons (Fsp3) is 0.538. The zero-order valence-electron chi connectivity index (χ0n) is 17.7. The van der Waals surface area contributed by atoms with Crippen LogP contribution >= 0.6 is 7.92 Å². The van der Waals surface area contributed by atoms with Gasteiger partial charge in [0.15, 0.2) is 0 Å². The van der Waals surface area contributed by atoms with Crippen molar-refractivity contribution < 1.29 is 0 Å². The Morgan fingerprint density at radius 2 is 1.04 bits per heavy atom. The van der Waals surface area contributed by atoms with Gasteiger partial charge in [0, 0.05) is 19.8 Å². The van der Waals surface area contributed by atoms with Crippen molar-refractivity contribution in [3.05, 3.63) is 48.5 Å². The first-order valence-electron chi connectivity index (χ1n) is 11.4. The summed E-state index contributed by atoms with van der Waals surface area (Å²) in [6.45, 7) is 0. The van der Waals surface area contributed by atoms with E-state index in [0.717, 1.165) is 11.3 Å². The van der Waals surface area contributed by atoms with Crippen LogP contribution in [-0.2, 0) is 0 Å². The van der Waals surface area contributed by atoms with E-state index in [9.17, 15) is 0 Å². The molecule has 2 aliphatic carbocycles. The van der Waals surface area contributed by atoms with Crippen LogP contribution in [0, 0.1) is 0 Å². The molecule has 0 saturated heterocycles. The molecule has 1 nitrogen and oxygen atoms in total. The molecule has 2 aromatic rings. The second kappa shape index (κ2) is 9.45. The largest absolute Gasteiger partial charge is 0.378 e. The summed E-state index contributed by atoms with van der Waals surface area (Å²) in [5.41, 5.74) is 5.92. The molecule has 0 bridgehead atoms. The molecule has 28 heavy (non-hydrogen) atoms. The van der Waals surface area contributed by atoms with Crippen molar-refractivity contribution in [3.8, 4) is 11.1 Å². The molecule has 0 heterocycles. The van der Waals surface area contributed by atoms with Crippen LogP contribution in [0.5, 0.6) is 0 Å². The van der Waals surface area contributed by atoms with Crippen LogP contribution in [0.3, 0.4) is 0 Å². The number of rotatable bonds is 5. The predicted molar refractivity (Wildman–Crippen MR) is 127 cm³/mol. The van der Waals surface area contributed by atoms with Crippen molar-refractivity contribution in [3.63, 3.8) is 0 Å². The van der Waals surface area contributed by atoms with Crippen LogP contribution in [0.25, 0.3) is 11.1 Å². The molecule has 0 radical (unpaired) electrons. The van der Waals surface area contributed by atoms with Crippen LogP contribution < -0.4 is 10.2 Å². The van der Waals surface area contributed by atoms with Crippen molar-refractivity contribution >= 4 is 18.9 Å². The van der Waals surface area contributed by atoms with Gasteiger partial charge in [0.25, 0.3) is 0 Å². The molecule has 4 rings (SSSR count). The van der Waals surface area contributed by atoms with E-state index in [0.29, 0.717) is 0 Å². The summed E-state index contributed by atoms with van der Waals surface area (Å²) in [5.74, 6) is 0. The topological polar surface area (TPSA) is 3.24 Å². The van der Waals surface area contributed by atoms with E-state index in [2.05, 4.69) is 67.5 Å². The van der Waals surface area contributed by atoms with Crippen LogP contribution in [0.15, 0.2) is 48.5 Å². The van der Waals surface area contributed by atoms with Crippen molar-refractivity contribution in [1.29, 1.82) is 0 Å². The van der Waals surface area contributed by atoms with E-state index in [4.69, 9.17) is 0 Å². The molecule has 2 aromatic carbocycles. The monoisotopic (exact) mass is 393 g/mol. The highest BCUT2D eigenvalue weighted by Gasteiger charge is 2.32. The molecule has 150 valence electrons. The molecule has 0 amide bonds. The molecule has 0 unspecified atom stereocenters. The third-order valence-corrected chi connectivity index (χ3v) is 10.3. The lowest BCUT2D eigenvalue weighted by Crippen LogP contribution is -2.26. The van der Waals surface area contributed by atoms with Crippen LogP contribution in [0.2, 0.25) is 0 Å². The zero-order chi connectivity index (χ0) is 19.3. The van der Waals surface area contributed by atoms with E-state index in [-0.39, 0.29) is 7.92 Å². The molecule has 2 aliphatic rings. The number of anilines is 1. The Labute approximate surface area is 173 Å². The maximum Gasteiger partial charge on any atom is 0.0361 e. The maximum absolute atomic E-state index is 2.49. The highest BCUT2D eigenvalue weighted by molar-refractivity contribution is 7.67. The molecule has 0 spiro atoms. The second-order valence-corrected chi connectivity index (χ2v) is 11.8. The second-order valence-electron chi connectivity index (χ2n) is 8.98. The van der Waals surface area contributed by atoms with Gasteiger partial charge in [0.05, 0.1) is 0 Å². The van der Waals surface area contributed by atoms with Gasteiger partial charge in [-0.1, -0.05) is 82.8 Å². The Bertz CT molecular complexity index is 704. The highest BCUT2D eigenvalue weighted by Crippen LogP contribution is 2.54. The summed E-state index contributed by atoms with van der Waals surface area (Å²) in [6, 6.07) is 18.7. The smallest absolute Gasteiger partial charge is 0.0361 e. The molecule has 0 atom stereocenters. The number of hydrogen-bond donors (Lipinski definition) is 0. The average Bonchev–Trinajstić information content (AvgIpc) is 2.76. The summed E-state index contributed by atoms with van der Waals surface area (Å²) >= 11 is 0. The summed E-state index contributed by atoms with van der Waals surface area (Å²) in [7, 11) is 4.21. The molecular formula is C26H36NP. The fourth-order valence-electron chi connectivity index (χ4n) is 5.22. The summed E-state index contributed by atoms with van der Waals surface area (Å²) in [6.07, 6.45) is 14.7. The lowest BCUT2D eigenvalue weighted by molar-refractivity contribution is 0.487. The minimum Gasteiger partial charge on any atom is -0.378 e. The van der Waals surface area contributed by atoms with Crippen molar-refractivity contribution in [2.24, 2.45) is 0 Å². The van der Waals surface area contributed by atoms with Gasteiger partial charge in [-0.05, 0) is 65.6 Å². The van der Waals surface area contributed by atoms with Crippen LogP contribution in [0.4, 0.5) is 5.69 Å². The molecule has 0 aliphatic heterocycles. The Hall–Kier alpha value is -1.33. The lowest BCUT2D eigenvalue weighted by Gasteiger charge is -2.38. The van der Waals surface area contributed by atoms with Gasteiger partial charge in [-0.3, -0.25) is 0 Å². The van der Waals surface area contributed by atoms with Crippen molar-refractivity contribution in [2.45, 2.75) is 75.5 Å². The Balaban J connectivity index is 1.56. The van der Waals surface area contributed by atoms with Crippen molar-refractivity contribution in [1.82, 2.24) is 0 Å². The first-order chi connectivity index (χ1) is 13.7. The van der Waals surface area contributed by atoms with Gasteiger partial charge in [-0.2, -0.15) is 0 Å². The van der Waals surface area contributed by atoms with E-state index in [1.165, 1.54) is 81.0 Å². The van der Waals surface area contributed by atoms with E-state index in [1.807, 2.05) is 0 Å². The minimum atomic E-state index is 0.00617. The minimum absolute atomic E-state index is 0.00617. The summed E-state index contributed by atoms with van der Waals surface area (Å²) < 4.78 is 0. The Morgan fingerprint density at radius 1 is 0.607 bits per heavy atom. The lowest BCUT2D eigenvalue weighted by atomic mass is 9.99. The van der Waals surface area contributed by atoms with Crippen LogP contribution in [-0.4, -0.2) is 25.4 Å². The highest BCUT2D eigenvalue weighted by atomic mass is 31.1. The van der Waals surface area contributed by atoms with Gasteiger partial charge in [0.2, 0.25) is 0 Å². The summed E-state index contributed by atoms with van der Waals surface area (Å²) in [5, 5.41) is 1.68. The van der Waals surface area contributed by atoms with E-state index >= 15 is 0 Å².